The van der Waals surface area contributed by atoms with Crippen molar-refractivity contribution in [3.05, 3.63) is 53.3 Å². The maximum absolute atomic E-state index is 13.2. The molecule has 28 heavy (non-hydrogen) atoms. The van der Waals surface area contributed by atoms with Gasteiger partial charge in [0.05, 0.1) is 10.3 Å². The second-order valence-electron chi connectivity index (χ2n) is 7.69. The van der Waals surface area contributed by atoms with Crippen LogP contribution in [0.4, 0.5) is 15.8 Å². The summed E-state index contributed by atoms with van der Waals surface area (Å²) < 4.78 is 13.2. The zero-order chi connectivity index (χ0) is 20.9. The van der Waals surface area contributed by atoms with Gasteiger partial charge in [-0.05, 0) is 54.8 Å². The van der Waals surface area contributed by atoms with E-state index in [0.29, 0.717) is 12.1 Å². The second kappa shape index (κ2) is 9.43. The molecule has 0 aliphatic rings. The molecule has 1 unspecified atom stereocenters. The number of halogens is 2. The van der Waals surface area contributed by atoms with Crippen LogP contribution in [0.5, 0.6) is 0 Å². The maximum atomic E-state index is 13.2. The van der Waals surface area contributed by atoms with Gasteiger partial charge in [-0.2, -0.15) is 0 Å². The highest BCUT2D eigenvalue weighted by Crippen LogP contribution is 2.27. The van der Waals surface area contributed by atoms with Crippen LogP contribution in [0.2, 0.25) is 5.02 Å². The summed E-state index contributed by atoms with van der Waals surface area (Å²) in [7, 11) is 0. The van der Waals surface area contributed by atoms with Crippen molar-refractivity contribution in [2.45, 2.75) is 44.3 Å². The number of carbonyl (C=O) groups is 2. The molecule has 0 saturated carbocycles. The Balaban J connectivity index is 1.90. The van der Waals surface area contributed by atoms with Crippen molar-refractivity contribution in [1.82, 2.24) is 0 Å². The van der Waals surface area contributed by atoms with E-state index in [1.807, 2.05) is 45.0 Å². The molecule has 0 radical (unpaired) electrons. The molecule has 0 heterocycles. The number of hydrogen-bond donors (Lipinski definition) is 2. The van der Waals surface area contributed by atoms with E-state index >= 15 is 0 Å². The first-order valence-electron chi connectivity index (χ1n) is 8.86. The van der Waals surface area contributed by atoms with E-state index < -0.39 is 5.82 Å². The largest absolute Gasteiger partial charge is 0.326 e. The number of hydrogen-bond acceptors (Lipinski definition) is 3. The lowest BCUT2D eigenvalue weighted by molar-refractivity contribution is -0.118. The summed E-state index contributed by atoms with van der Waals surface area (Å²) >= 11 is 7.12. The Kier molecular flexibility index (Phi) is 7.49. The van der Waals surface area contributed by atoms with Crippen molar-refractivity contribution in [3.63, 3.8) is 0 Å². The van der Waals surface area contributed by atoms with Gasteiger partial charge in [-0.3, -0.25) is 9.59 Å². The van der Waals surface area contributed by atoms with E-state index in [1.165, 1.54) is 30.0 Å². The fraction of sp³-hybridized carbons (Fsp3) is 0.333. The maximum Gasteiger partial charge on any atom is 0.237 e. The molecule has 4 nitrogen and oxygen atoms in total. The third kappa shape index (κ3) is 7.17. The molecule has 2 aromatic carbocycles. The Hall–Kier alpha value is -2.05. The van der Waals surface area contributed by atoms with E-state index in [9.17, 15) is 14.0 Å². The highest BCUT2D eigenvalue weighted by molar-refractivity contribution is 8.00. The van der Waals surface area contributed by atoms with Gasteiger partial charge in [-0.25, -0.2) is 4.39 Å². The lowest BCUT2D eigenvalue weighted by Gasteiger charge is -2.17. The van der Waals surface area contributed by atoms with Crippen molar-refractivity contribution >= 4 is 46.6 Å². The van der Waals surface area contributed by atoms with Crippen LogP contribution < -0.4 is 10.6 Å². The molecule has 2 aromatic rings. The van der Waals surface area contributed by atoms with Gasteiger partial charge < -0.3 is 10.6 Å². The first-order chi connectivity index (χ1) is 13.0. The van der Waals surface area contributed by atoms with Gasteiger partial charge in [0, 0.05) is 22.7 Å². The van der Waals surface area contributed by atoms with Crippen molar-refractivity contribution in [2.75, 3.05) is 10.6 Å². The quantitative estimate of drug-likeness (QED) is 0.563. The number of thioether (sulfide) groups is 1. The average Bonchev–Trinajstić information content (AvgIpc) is 2.58. The zero-order valence-electron chi connectivity index (χ0n) is 16.3. The zero-order valence-corrected chi connectivity index (χ0v) is 17.9. The smallest absolute Gasteiger partial charge is 0.237 e. The molecule has 0 spiro atoms. The first-order valence-corrected chi connectivity index (χ1v) is 10.1. The molecule has 0 aliphatic heterocycles. The van der Waals surface area contributed by atoms with E-state index in [2.05, 4.69) is 10.6 Å². The number of amides is 2. The summed E-state index contributed by atoms with van der Waals surface area (Å²) in [6, 6.07) is 11.4. The predicted octanol–water partition coefficient (Wildman–Crippen LogP) is 5.97. The minimum Gasteiger partial charge on any atom is -0.326 e. The molecular formula is C21H24ClFN2O2S. The average molecular weight is 423 g/mol. The Bertz CT molecular complexity index is 850. The summed E-state index contributed by atoms with van der Waals surface area (Å²) in [6.45, 7) is 7.82. The monoisotopic (exact) mass is 422 g/mol. The fourth-order valence-electron chi connectivity index (χ4n) is 2.38. The molecule has 2 N–H and O–H groups in total. The van der Waals surface area contributed by atoms with Gasteiger partial charge >= 0.3 is 0 Å². The topological polar surface area (TPSA) is 58.2 Å². The molecular weight excluding hydrogens is 399 g/mol. The van der Waals surface area contributed by atoms with Crippen LogP contribution in [0.15, 0.2) is 47.4 Å². The highest BCUT2D eigenvalue weighted by Gasteiger charge is 2.17. The number of benzene rings is 2. The van der Waals surface area contributed by atoms with E-state index in [1.54, 1.807) is 6.92 Å². The third-order valence-electron chi connectivity index (χ3n) is 3.70. The van der Waals surface area contributed by atoms with Crippen LogP contribution in [0, 0.1) is 11.2 Å². The van der Waals surface area contributed by atoms with Crippen LogP contribution in [-0.2, 0) is 9.59 Å². The third-order valence-corrected chi connectivity index (χ3v) is 5.10. The predicted molar refractivity (Wildman–Crippen MR) is 115 cm³/mol. The SMILES string of the molecule is CC(Sc1ccc(NC(=O)CC(C)(C)C)cc1)C(=O)Nc1ccc(F)c(Cl)c1. The highest BCUT2D eigenvalue weighted by atomic mass is 35.5. The summed E-state index contributed by atoms with van der Waals surface area (Å²) in [5.41, 5.74) is 1.09. The van der Waals surface area contributed by atoms with Gasteiger partial charge in [-0.1, -0.05) is 32.4 Å². The molecule has 0 aliphatic carbocycles. The van der Waals surface area contributed by atoms with Crippen LogP contribution in [0.1, 0.15) is 34.1 Å². The number of anilines is 2. The number of rotatable bonds is 6. The second-order valence-corrected chi connectivity index (χ2v) is 9.51. The number of carbonyl (C=O) groups excluding carboxylic acids is 2. The Morgan fingerprint density at radius 1 is 1.07 bits per heavy atom. The van der Waals surface area contributed by atoms with Crippen molar-refractivity contribution < 1.29 is 14.0 Å². The van der Waals surface area contributed by atoms with Gasteiger partial charge in [0.25, 0.3) is 0 Å². The van der Waals surface area contributed by atoms with E-state index in [-0.39, 0.29) is 27.5 Å². The van der Waals surface area contributed by atoms with Gasteiger partial charge in [0.1, 0.15) is 5.82 Å². The van der Waals surface area contributed by atoms with Gasteiger partial charge in [-0.15, -0.1) is 11.8 Å². The van der Waals surface area contributed by atoms with Crippen molar-refractivity contribution in [1.29, 1.82) is 0 Å². The first kappa shape index (κ1) is 22.2. The van der Waals surface area contributed by atoms with Gasteiger partial charge in [0.2, 0.25) is 11.8 Å². The molecule has 2 rings (SSSR count). The summed E-state index contributed by atoms with van der Waals surface area (Å²) in [6.07, 6.45) is 0.439. The lowest BCUT2D eigenvalue weighted by Crippen LogP contribution is -2.22. The lowest BCUT2D eigenvalue weighted by atomic mass is 9.92. The molecule has 0 saturated heterocycles. The van der Waals surface area contributed by atoms with E-state index in [0.717, 1.165) is 10.6 Å². The Labute approximate surface area is 174 Å². The molecule has 150 valence electrons. The minimum absolute atomic E-state index is 0.0291. The van der Waals surface area contributed by atoms with E-state index in [4.69, 9.17) is 11.6 Å². The summed E-state index contributed by atoms with van der Waals surface area (Å²) in [5, 5.41) is 5.19. The molecule has 1 atom stereocenters. The van der Waals surface area contributed by atoms with Gasteiger partial charge in [0.15, 0.2) is 0 Å². The Morgan fingerprint density at radius 3 is 2.25 bits per heavy atom. The Morgan fingerprint density at radius 2 is 1.68 bits per heavy atom. The molecule has 2 amide bonds. The summed E-state index contributed by atoms with van der Waals surface area (Å²) in [4.78, 5) is 25.2. The number of nitrogens with one attached hydrogen (secondary N) is 2. The minimum atomic E-state index is -0.531. The van der Waals surface area contributed by atoms with Crippen LogP contribution in [0.25, 0.3) is 0 Å². The molecule has 0 fully saturated rings. The van der Waals surface area contributed by atoms with Crippen LogP contribution >= 0.6 is 23.4 Å². The normalized spacial score (nSPS) is 12.4. The van der Waals surface area contributed by atoms with Crippen molar-refractivity contribution in [3.8, 4) is 0 Å². The molecule has 0 aromatic heterocycles. The fourth-order valence-corrected chi connectivity index (χ4v) is 3.43. The van der Waals surface area contributed by atoms with Crippen LogP contribution in [-0.4, -0.2) is 17.1 Å². The summed E-state index contributed by atoms with van der Waals surface area (Å²) in [5.74, 6) is -0.773. The van der Waals surface area contributed by atoms with Crippen LogP contribution in [0.3, 0.4) is 0 Å². The standard InChI is InChI=1S/C21H24ClFN2O2S/c1-13(20(27)25-15-7-10-18(23)17(22)11-15)28-16-8-5-14(6-9-16)24-19(26)12-21(2,3)4/h5-11,13H,12H2,1-4H3,(H,24,26)(H,25,27). The van der Waals surface area contributed by atoms with Crippen molar-refractivity contribution in [2.24, 2.45) is 5.41 Å². The molecule has 7 heteroatoms. The molecule has 0 bridgehead atoms.